The summed E-state index contributed by atoms with van der Waals surface area (Å²) in [4.78, 5) is 0. The first-order valence-corrected chi connectivity index (χ1v) is 2.25. The molecule has 0 atom stereocenters. The lowest BCUT2D eigenvalue weighted by Crippen LogP contribution is -1.58. The molecule has 0 aliphatic rings. The maximum atomic E-state index is 3.66. The summed E-state index contributed by atoms with van der Waals surface area (Å²) >= 11 is 0. The van der Waals surface area contributed by atoms with Gasteiger partial charge in [0.25, 0.3) is 0 Å². The normalized spacial score (nSPS) is 9.29. The molecule has 0 unspecified atom stereocenters. The van der Waals surface area contributed by atoms with Gasteiger partial charge in [0.15, 0.2) is 0 Å². The molecular weight excluding hydrogens is 84.1 g/mol. The Labute approximate surface area is 44.9 Å². The van der Waals surface area contributed by atoms with Gasteiger partial charge in [-0.25, -0.2) is 0 Å². The summed E-state index contributed by atoms with van der Waals surface area (Å²) in [7, 11) is 0. The molecule has 0 bridgehead atoms. The molecule has 0 aliphatic carbocycles. The van der Waals surface area contributed by atoms with E-state index < -0.39 is 0 Å². The SMILES string of the molecule is C=CC(=C)C=CC. The zero-order valence-corrected chi connectivity index (χ0v) is 4.65. The molecule has 0 heteroatoms. The molecule has 0 aromatic carbocycles. The van der Waals surface area contributed by atoms with E-state index >= 15 is 0 Å². The van der Waals surface area contributed by atoms with Crippen LogP contribution >= 0.6 is 0 Å². The molecule has 0 fully saturated rings. The number of hydrogen-bond donors (Lipinski definition) is 0. The molecule has 0 nitrogen and oxygen atoms in total. The average molecular weight is 94.2 g/mol. The van der Waals surface area contributed by atoms with E-state index in [9.17, 15) is 0 Å². The fourth-order valence-electron chi connectivity index (χ4n) is 0.282. The third-order valence-electron chi connectivity index (χ3n) is 0.643. The highest BCUT2D eigenvalue weighted by molar-refractivity contribution is 5.24. The smallest absolute Gasteiger partial charge is 0.0338 e. The van der Waals surface area contributed by atoms with Crippen LogP contribution in [0.2, 0.25) is 0 Å². The maximum absolute atomic E-state index is 3.66. The topological polar surface area (TPSA) is 0 Å². The van der Waals surface area contributed by atoms with Crippen LogP contribution in [0.25, 0.3) is 0 Å². The molecule has 0 radical (unpaired) electrons. The predicted molar refractivity (Wildman–Crippen MR) is 34.2 cm³/mol. The fraction of sp³-hybridized carbons (Fsp3) is 0.143. The van der Waals surface area contributed by atoms with Gasteiger partial charge in [0.1, 0.15) is 0 Å². The van der Waals surface area contributed by atoms with E-state index in [2.05, 4.69) is 13.2 Å². The largest absolute Gasteiger partial charge is 0.0985 e. The molecule has 0 aromatic heterocycles. The van der Waals surface area contributed by atoms with Crippen molar-refractivity contribution < 1.29 is 0 Å². The van der Waals surface area contributed by atoms with Crippen molar-refractivity contribution in [2.75, 3.05) is 0 Å². The molecule has 0 heterocycles. The Morgan fingerprint density at radius 1 is 1.57 bits per heavy atom. The van der Waals surface area contributed by atoms with E-state index in [1.165, 1.54) is 0 Å². The highest BCUT2D eigenvalue weighted by Crippen LogP contribution is 1.90. The second kappa shape index (κ2) is 3.41. The van der Waals surface area contributed by atoms with E-state index in [0.29, 0.717) is 0 Å². The third kappa shape index (κ3) is 3.04. The van der Waals surface area contributed by atoms with Crippen LogP contribution in [0.4, 0.5) is 0 Å². The van der Waals surface area contributed by atoms with Gasteiger partial charge in [-0.2, -0.15) is 0 Å². The Hall–Kier alpha value is -0.780. The predicted octanol–water partition coefficient (Wildman–Crippen LogP) is 2.30. The fourth-order valence-corrected chi connectivity index (χ4v) is 0.282. The molecule has 0 saturated carbocycles. The number of allylic oxidation sites excluding steroid dienone is 4. The Kier molecular flexibility index (Phi) is 3.03. The van der Waals surface area contributed by atoms with Crippen LogP contribution in [-0.4, -0.2) is 0 Å². The Balaban J connectivity index is 3.58. The van der Waals surface area contributed by atoms with Gasteiger partial charge in [0, 0.05) is 0 Å². The summed E-state index contributed by atoms with van der Waals surface area (Å²) in [5.74, 6) is 0. The lowest BCUT2D eigenvalue weighted by molar-refractivity contribution is 1.67. The average Bonchev–Trinajstić information content (AvgIpc) is 1.68. The van der Waals surface area contributed by atoms with Crippen molar-refractivity contribution in [2.45, 2.75) is 6.92 Å². The van der Waals surface area contributed by atoms with Crippen molar-refractivity contribution in [3.05, 3.63) is 37.0 Å². The van der Waals surface area contributed by atoms with Crippen molar-refractivity contribution in [1.82, 2.24) is 0 Å². The summed E-state index contributed by atoms with van der Waals surface area (Å²) < 4.78 is 0. The standard InChI is InChI=1S/C7H10/c1-4-6-7(3)5-2/h4-6H,2-3H2,1H3. The summed E-state index contributed by atoms with van der Waals surface area (Å²) in [6.07, 6.45) is 5.57. The second-order valence-corrected chi connectivity index (χ2v) is 1.28. The maximum Gasteiger partial charge on any atom is -0.0338 e. The Morgan fingerprint density at radius 3 is 2.29 bits per heavy atom. The molecular formula is C7H10. The molecule has 0 rings (SSSR count). The second-order valence-electron chi connectivity index (χ2n) is 1.28. The highest BCUT2D eigenvalue weighted by Gasteiger charge is 1.69. The van der Waals surface area contributed by atoms with Crippen LogP contribution in [0.15, 0.2) is 37.0 Å². The number of rotatable bonds is 2. The minimum Gasteiger partial charge on any atom is -0.0985 e. The van der Waals surface area contributed by atoms with Crippen LogP contribution in [0.3, 0.4) is 0 Å². The van der Waals surface area contributed by atoms with Crippen molar-refractivity contribution >= 4 is 0 Å². The first-order valence-electron chi connectivity index (χ1n) is 2.25. The Bertz CT molecular complexity index is 96.6. The van der Waals surface area contributed by atoms with Gasteiger partial charge < -0.3 is 0 Å². The van der Waals surface area contributed by atoms with Crippen LogP contribution in [0, 0.1) is 0 Å². The van der Waals surface area contributed by atoms with Crippen molar-refractivity contribution in [3.63, 3.8) is 0 Å². The van der Waals surface area contributed by atoms with Gasteiger partial charge in [-0.15, -0.1) is 0 Å². The Morgan fingerprint density at radius 2 is 2.14 bits per heavy atom. The zero-order chi connectivity index (χ0) is 5.70. The molecule has 0 N–H and O–H groups in total. The van der Waals surface area contributed by atoms with Crippen LogP contribution in [0.5, 0.6) is 0 Å². The molecule has 38 valence electrons. The lowest BCUT2D eigenvalue weighted by Gasteiger charge is -1.79. The summed E-state index contributed by atoms with van der Waals surface area (Å²) in [5.41, 5.74) is 0.961. The van der Waals surface area contributed by atoms with Crippen molar-refractivity contribution in [3.8, 4) is 0 Å². The quantitative estimate of drug-likeness (QED) is 0.460. The minimum atomic E-state index is 0.961. The molecule has 0 aliphatic heterocycles. The summed E-state index contributed by atoms with van der Waals surface area (Å²) in [5, 5.41) is 0. The van der Waals surface area contributed by atoms with E-state index in [1.807, 2.05) is 19.1 Å². The monoisotopic (exact) mass is 94.1 g/mol. The summed E-state index contributed by atoms with van der Waals surface area (Å²) in [6, 6.07) is 0. The molecule has 0 spiro atoms. The molecule has 0 amide bonds. The highest BCUT2D eigenvalue weighted by atomic mass is 13.8. The third-order valence-corrected chi connectivity index (χ3v) is 0.643. The van der Waals surface area contributed by atoms with Gasteiger partial charge in [-0.3, -0.25) is 0 Å². The first-order chi connectivity index (χ1) is 3.31. The lowest BCUT2D eigenvalue weighted by atomic mass is 10.3. The van der Waals surface area contributed by atoms with Gasteiger partial charge in [-0.05, 0) is 12.5 Å². The molecule has 7 heavy (non-hydrogen) atoms. The molecule has 0 saturated heterocycles. The van der Waals surface area contributed by atoms with Crippen molar-refractivity contribution in [1.29, 1.82) is 0 Å². The van der Waals surface area contributed by atoms with Gasteiger partial charge >= 0.3 is 0 Å². The van der Waals surface area contributed by atoms with Gasteiger partial charge in [-0.1, -0.05) is 31.4 Å². The van der Waals surface area contributed by atoms with Crippen molar-refractivity contribution in [2.24, 2.45) is 0 Å². The van der Waals surface area contributed by atoms with Gasteiger partial charge in [0.05, 0.1) is 0 Å². The summed E-state index contributed by atoms with van der Waals surface area (Å²) in [6.45, 7) is 9.14. The first kappa shape index (κ1) is 6.22. The van der Waals surface area contributed by atoms with E-state index in [0.717, 1.165) is 5.57 Å². The van der Waals surface area contributed by atoms with Crippen LogP contribution in [0.1, 0.15) is 6.92 Å². The van der Waals surface area contributed by atoms with E-state index in [4.69, 9.17) is 0 Å². The number of hydrogen-bond acceptors (Lipinski definition) is 0. The zero-order valence-electron chi connectivity index (χ0n) is 4.65. The van der Waals surface area contributed by atoms with E-state index in [-0.39, 0.29) is 0 Å². The van der Waals surface area contributed by atoms with Crippen LogP contribution in [-0.2, 0) is 0 Å². The minimum absolute atomic E-state index is 0.961. The molecule has 0 aromatic rings. The van der Waals surface area contributed by atoms with Crippen LogP contribution < -0.4 is 0 Å². The van der Waals surface area contributed by atoms with Gasteiger partial charge in [0.2, 0.25) is 0 Å². The van der Waals surface area contributed by atoms with E-state index in [1.54, 1.807) is 6.08 Å².